The Labute approximate surface area is 164 Å². The lowest BCUT2D eigenvalue weighted by molar-refractivity contribution is -0.275. The van der Waals surface area contributed by atoms with E-state index >= 15 is 0 Å². The zero-order chi connectivity index (χ0) is 21.4. The normalized spacial score (nSPS) is 21.6. The summed E-state index contributed by atoms with van der Waals surface area (Å²) >= 11 is 0. The topological polar surface area (TPSA) is 74.4 Å². The molecule has 0 bridgehead atoms. The van der Waals surface area contributed by atoms with E-state index in [9.17, 15) is 30.4 Å². The number of nitrogens with zero attached hydrogens (tertiary/aromatic N) is 1. The Hall–Kier alpha value is -1.92. The maximum Gasteiger partial charge on any atom is 0.573 e. The number of halogens is 5. The highest BCUT2D eigenvalue weighted by Gasteiger charge is 2.33. The molecular weight excluding hydrogens is 421 g/mol. The van der Waals surface area contributed by atoms with Gasteiger partial charge in [-0.1, -0.05) is 0 Å². The maximum atomic E-state index is 14.1. The van der Waals surface area contributed by atoms with Crippen LogP contribution in [0.5, 0.6) is 5.75 Å². The summed E-state index contributed by atoms with van der Waals surface area (Å²) < 4.78 is 94.5. The molecule has 3 rings (SSSR count). The van der Waals surface area contributed by atoms with Gasteiger partial charge in [0.2, 0.25) is 10.0 Å². The third-order valence-corrected chi connectivity index (χ3v) is 6.09. The molecule has 6 nitrogen and oxygen atoms in total. The summed E-state index contributed by atoms with van der Waals surface area (Å²) in [5, 5.41) is 0.323. The second-order valence-electron chi connectivity index (χ2n) is 6.88. The van der Waals surface area contributed by atoms with Crippen LogP contribution in [-0.2, 0) is 16.6 Å². The minimum Gasteiger partial charge on any atom is -0.403 e. The van der Waals surface area contributed by atoms with Gasteiger partial charge in [-0.2, -0.15) is 0 Å². The number of fused-ring (bicyclic) bond motifs is 1. The van der Waals surface area contributed by atoms with Crippen molar-refractivity contribution in [1.29, 1.82) is 0 Å². The van der Waals surface area contributed by atoms with Crippen molar-refractivity contribution in [2.75, 3.05) is 18.8 Å². The number of benzene rings is 1. The molecule has 0 spiro atoms. The molecule has 2 atom stereocenters. The van der Waals surface area contributed by atoms with Gasteiger partial charge in [0.05, 0.1) is 11.8 Å². The van der Waals surface area contributed by atoms with Gasteiger partial charge in [0.25, 0.3) is 0 Å². The van der Waals surface area contributed by atoms with Gasteiger partial charge < -0.3 is 9.72 Å². The van der Waals surface area contributed by atoms with Crippen LogP contribution in [0, 0.1) is 5.82 Å². The molecule has 0 unspecified atom stereocenters. The van der Waals surface area contributed by atoms with Gasteiger partial charge in [0, 0.05) is 42.3 Å². The number of aromatic amines is 1. The molecule has 1 fully saturated rings. The van der Waals surface area contributed by atoms with Gasteiger partial charge >= 0.3 is 6.36 Å². The highest BCUT2D eigenvalue weighted by Crippen LogP contribution is 2.30. The summed E-state index contributed by atoms with van der Waals surface area (Å²) in [6, 6.07) is 2.52. The maximum absolute atomic E-state index is 14.1. The average Bonchev–Trinajstić information content (AvgIpc) is 2.97. The van der Waals surface area contributed by atoms with E-state index in [1.807, 2.05) is 4.90 Å². The Kier molecular flexibility index (Phi) is 6.06. The van der Waals surface area contributed by atoms with Crippen molar-refractivity contribution in [2.45, 2.75) is 38.5 Å². The molecule has 0 amide bonds. The number of H-pyrrole nitrogens is 1. The van der Waals surface area contributed by atoms with Crippen LogP contribution in [0.1, 0.15) is 19.0 Å². The lowest BCUT2D eigenvalue weighted by Crippen LogP contribution is -2.53. The molecule has 1 saturated heterocycles. The van der Waals surface area contributed by atoms with Crippen molar-refractivity contribution < 1.29 is 35.1 Å². The van der Waals surface area contributed by atoms with E-state index in [0.717, 1.165) is 12.1 Å². The molecule has 0 radical (unpaired) electrons. The largest absolute Gasteiger partial charge is 0.573 e. The molecule has 1 aliphatic rings. The lowest BCUT2D eigenvalue weighted by Gasteiger charge is -2.34. The summed E-state index contributed by atoms with van der Waals surface area (Å²) in [6.45, 7) is 2.23. The van der Waals surface area contributed by atoms with Crippen molar-refractivity contribution >= 4 is 20.9 Å². The fraction of sp³-hybridized carbons (Fsp3) is 0.529. The van der Waals surface area contributed by atoms with Crippen molar-refractivity contribution in [3.05, 3.63) is 29.7 Å². The first-order valence-electron chi connectivity index (χ1n) is 8.89. The van der Waals surface area contributed by atoms with E-state index in [2.05, 4.69) is 14.4 Å². The van der Waals surface area contributed by atoms with Gasteiger partial charge in [-0.3, -0.25) is 4.90 Å². The Morgan fingerprint density at radius 1 is 1.31 bits per heavy atom. The summed E-state index contributed by atoms with van der Waals surface area (Å²) in [4.78, 5) is 4.72. The fourth-order valence-corrected chi connectivity index (χ4v) is 4.13. The molecule has 162 valence electrons. The highest BCUT2D eigenvalue weighted by atomic mass is 32.2. The summed E-state index contributed by atoms with van der Waals surface area (Å²) in [6.07, 6.45) is -6.19. The molecular formula is C17H20F5N3O3S. The van der Waals surface area contributed by atoms with Crippen LogP contribution >= 0.6 is 0 Å². The summed E-state index contributed by atoms with van der Waals surface area (Å²) in [5.74, 6) is -2.25. The summed E-state index contributed by atoms with van der Waals surface area (Å²) in [5.41, 5.74) is 0.855. The molecule has 1 aliphatic heterocycles. The number of likely N-dealkylation sites (tertiary alicyclic amines) is 1. The first kappa shape index (κ1) is 21.8. The van der Waals surface area contributed by atoms with E-state index in [1.165, 1.54) is 6.92 Å². The van der Waals surface area contributed by atoms with Crippen LogP contribution in [0.15, 0.2) is 18.2 Å². The van der Waals surface area contributed by atoms with Crippen LogP contribution in [0.2, 0.25) is 0 Å². The van der Waals surface area contributed by atoms with Gasteiger partial charge in [0.1, 0.15) is 6.17 Å². The number of hydrogen-bond acceptors (Lipinski definition) is 4. The van der Waals surface area contributed by atoms with Crippen molar-refractivity contribution in [2.24, 2.45) is 0 Å². The molecule has 0 saturated carbocycles. The minimum atomic E-state index is -5.01. The number of nitrogens with one attached hydrogen (secondary N) is 2. The molecule has 2 heterocycles. The quantitative estimate of drug-likeness (QED) is 0.676. The van der Waals surface area contributed by atoms with E-state index in [0.29, 0.717) is 17.6 Å². The van der Waals surface area contributed by atoms with E-state index in [-0.39, 0.29) is 30.8 Å². The SMILES string of the molecule is CCS(=O)(=O)N[C@H]1CN(Cc2cc3cc(OC(F)(F)F)c(F)cc3[nH]2)CC[C@H]1F. The number of hydrogen-bond donors (Lipinski definition) is 2. The zero-order valence-electron chi connectivity index (χ0n) is 15.4. The Bertz CT molecular complexity index is 977. The predicted octanol–water partition coefficient (Wildman–Crippen LogP) is 3.06. The minimum absolute atomic E-state index is 0.132. The van der Waals surface area contributed by atoms with Crippen LogP contribution < -0.4 is 9.46 Å². The zero-order valence-corrected chi connectivity index (χ0v) is 16.2. The van der Waals surface area contributed by atoms with Crippen molar-refractivity contribution in [3.8, 4) is 5.75 Å². The number of ether oxygens (including phenoxy) is 1. The Morgan fingerprint density at radius 2 is 2.03 bits per heavy atom. The number of piperidine rings is 1. The average molecular weight is 441 g/mol. The van der Waals surface area contributed by atoms with Crippen molar-refractivity contribution in [3.63, 3.8) is 0 Å². The molecule has 0 aliphatic carbocycles. The number of alkyl halides is 4. The second kappa shape index (κ2) is 8.07. The monoisotopic (exact) mass is 441 g/mol. The molecule has 2 N–H and O–H groups in total. The standard InChI is InChI=1S/C17H20F5N3O3S/c1-2-29(26,27)24-15-9-25(4-3-12(15)18)8-11-5-10-6-16(28-17(20,21)22)13(19)7-14(10)23-11/h5-7,12,15,23-24H,2-4,8-9H2,1H3/t12-,15+/m1/s1. The number of sulfonamides is 1. The van der Waals surface area contributed by atoms with Crippen LogP contribution in [-0.4, -0.2) is 55.7 Å². The molecule has 1 aromatic heterocycles. The van der Waals surface area contributed by atoms with Gasteiger partial charge in [-0.15, -0.1) is 13.2 Å². The van der Waals surface area contributed by atoms with E-state index in [1.54, 1.807) is 6.07 Å². The fourth-order valence-electron chi connectivity index (χ4n) is 3.28. The molecule has 2 aromatic rings. The molecule has 12 heteroatoms. The summed E-state index contributed by atoms with van der Waals surface area (Å²) in [7, 11) is -3.57. The van der Waals surface area contributed by atoms with Gasteiger partial charge in [-0.05, 0) is 25.5 Å². The number of aromatic nitrogens is 1. The molecule has 1 aromatic carbocycles. The Balaban J connectivity index is 1.74. The predicted molar refractivity (Wildman–Crippen MR) is 96.1 cm³/mol. The van der Waals surface area contributed by atoms with Crippen molar-refractivity contribution in [1.82, 2.24) is 14.6 Å². The van der Waals surface area contributed by atoms with Gasteiger partial charge in [-0.25, -0.2) is 21.9 Å². The van der Waals surface area contributed by atoms with E-state index < -0.39 is 40.2 Å². The van der Waals surface area contributed by atoms with Crippen LogP contribution in [0.4, 0.5) is 22.0 Å². The third kappa shape index (κ3) is 5.58. The van der Waals surface area contributed by atoms with E-state index in [4.69, 9.17) is 0 Å². The number of rotatable bonds is 6. The van der Waals surface area contributed by atoms with Crippen LogP contribution in [0.3, 0.4) is 0 Å². The lowest BCUT2D eigenvalue weighted by atomic mass is 10.0. The first-order chi connectivity index (χ1) is 13.5. The van der Waals surface area contributed by atoms with Gasteiger partial charge in [0.15, 0.2) is 11.6 Å². The smallest absolute Gasteiger partial charge is 0.403 e. The third-order valence-electron chi connectivity index (χ3n) is 4.67. The Morgan fingerprint density at radius 3 is 2.69 bits per heavy atom. The second-order valence-corrected chi connectivity index (χ2v) is 8.92. The van der Waals surface area contributed by atoms with Crippen LogP contribution in [0.25, 0.3) is 10.9 Å². The molecule has 29 heavy (non-hydrogen) atoms. The first-order valence-corrected chi connectivity index (χ1v) is 10.5. The highest BCUT2D eigenvalue weighted by molar-refractivity contribution is 7.89.